The molecule has 1 saturated heterocycles. The summed E-state index contributed by atoms with van der Waals surface area (Å²) in [5.74, 6) is -1.12. The molecule has 3 aromatic rings. The molecule has 0 aromatic heterocycles. The Balaban J connectivity index is 1.62. The van der Waals surface area contributed by atoms with E-state index in [0.717, 1.165) is 12.8 Å². The van der Waals surface area contributed by atoms with Gasteiger partial charge in [0.1, 0.15) is 0 Å². The largest absolute Gasteiger partial charge is 0.445 e. The molecule has 1 atom stereocenters. The number of Topliss-reactive ketones (excluding diaryl/α,β-unsaturated/α-hetero) is 1. The summed E-state index contributed by atoms with van der Waals surface area (Å²) in [6, 6.07) is 23.1. The number of nitrogens with zero attached hydrogens (tertiary/aromatic N) is 1. The molecule has 0 bridgehead atoms. The van der Waals surface area contributed by atoms with Crippen molar-refractivity contribution >= 4 is 21.8 Å². The van der Waals surface area contributed by atoms with Crippen molar-refractivity contribution in [3.05, 3.63) is 102 Å². The minimum Gasteiger partial charge on any atom is -0.445 e. The minimum atomic E-state index is -3.68. The van der Waals surface area contributed by atoms with Crippen LogP contribution in [-0.2, 0) is 14.8 Å². The second-order valence-corrected chi connectivity index (χ2v) is 9.50. The lowest BCUT2D eigenvalue weighted by molar-refractivity contribution is 0.0280. The highest BCUT2D eigenvalue weighted by atomic mass is 32.2. The highest BCUT2D eigenvalue weighted by Crippen LogP contribution is 2.26. The van der Waals surface area contributed by atoms with E-state index in [0.29, 0.717) is 24.2 Å². The van der Waals surface area contributed by atoms with Crippen LogP contribution in [0.25, 0.3) is 0 Å². The van der Waals surface area contributed by atoms with E-state index in [-0.39, 0.29) is 16.2 Å². The van der Waals surface area contributed by atoms with Crippen molar-refractivity contribution in [2.45, 2.75) is 23.8 Å². The molecule has 1 aliphatic rings. The number of rotatable bonds is 7. The first-order chi connectivity index (χ1) is 15.5. The summed E-state index contributed by atoms with van der Waals surface area (Å²) >= 11 is 0. The Morgan fingerprint density at radius 1 is 0.781 bits per heavy atom. The van der Waals surface area contributed by atoms with Gasteiger partial charge in [-0.3, -0.25) is 4.79 Å². The summed E-state index contributed by atoms with van der Waals surface area (Å²) in [5.41, 5.74) is 1.03. The molecule has 0 aliphatic carbocycles. The van der Waals surface area contributed by atoms with Gasteiger partial charge in [0.15, 0.2) is 6.10 Å². The van der Waals surface area contributed by atoms with Gasteiger partial charge in [0.05, 0.1) is 10.5 Å². The summed E-state index contributed by atoms with van der Waals surface area (Å²) in [6.07, 6.45) is 0.493. The summed E-state index contributed by atoms with van der Waals surface area (Å²) < 4.78 is 32.8. The van der Waals surface area contributed by atoms with Crippen LogP contribution in [-0.4, -0.2) is 37.6 Å². The average Bonchev–Trinajstić information content (AvgIpc) is 3.39. The molecule has 1 aliphatic heterocycles. The molecule has 0 amide bonds. The van der Waals surface area contributed by atoms with Gasteiger partial charge in [0, 0.05) is 24.2 Å². The summed E-state index contributed by atoms with van der Waals surface area (Å²) in [6.45, 7) is 0.942. The maximum atomic E-state index is 13.1. The standard InChI is InChI=1S/C25H23NO5S/c27-23(19-10-3-1-4-11-19)24(20-12-5-2-6-13-20)31-25(28)21-14-9-15-22(18-21)32(29,30)26-16-7-8-17-26/h1-6,9-15,18,24H,7-8,16-17H2. The minimum absolute atomic E-state index is 0.0412. The monoisotopic (exact) mass is 449 g/mol. The van der Waals surface area contributed by atoms with Crippen LogP contribution in [0, 0.1) is 0 Å². The predicted molar refractivity (Wildman–Crippen MR) is 120 cm³/mol. The highest BCUT2D eigenvalue weighted by molar-refractivity contribution is 7.89. The first-order valence-corrected chi connectivity index (χ1v) is 11.9. The molecule has 0 spiro atoms. The van der Waals surface area contributed by atoms with Gasteiger partial charge in [-0.1, -0.05) is 66.7 Å². The summed E-state index contributed by atoms with van der Waals surface area (Å²) in [5, 5.41) is 0. The SMILES string of the molecule is O=C(OC(C(=O)c1ccccc1)c1ccccc1)c1cccc(S(=O)(=O)N2CCCC2)c1. The molecule has 0 radical (unpaired) electrons. The Morgan fingerprint density at radius 3 is 2.03 bits per heavy atom. The van der Waals surface area contributed by atoms with Gasteiger partial charge in [-0.05, 0) is 31.0 Å². The lowest BCUT2D eigenvalue weighted by Crippen LogP contribution is -2.28. The fraction of sp³-hybridized carbons (Fsp3) is 0.200. The van der Waals surface area contributed by atoms with Crippen molar-refractivity contribution in [2.24, 2.45) is 0 Å². The maximum Gasteiger partial charge on any atom is 0.339 e. The van der Waals surface area contributed by atoms with E-state index in [9.17, 15) is 18.0 Å². The highest BCUT2D eigenvalue weighted by Gasteiger charge is 2.29. The zero-order chi connectivity index (χ0) is 22.6. The first kappa shape index (κ1) is 21.9. The van der Waals surface area contributed by atoms with Crippen molar-refractivity contribution < 1.29 is 22.7 Å². The van der Waals surface area contributed by atoms with Crippen molar-refractivity contribution in [3.63, 3.8) is 0 Å². The quantitative estimate of drug-likeness (QED) is 0.398. The van der Waals surface area contributed by atoms with E-state index in [2.05, 4.69) is 0 Å². The predicted octanol–water partition coefficient (Wildman–Crippen LogP) is 4.25. The normalized spacial score (nSPS) is 15.2. The van der Waals surface area contributed by atoms with Crippen molar-refractivity contribution in [1.82, 2.24) is 4.31 Å². The van der Waals surface area contributed by atoms with Gasteiger partial charge < -0.3 is 4.74 Å². The lowest BCUT2D eigenvalue weighted by atomic mass is 10.00. The van der Waals surface area contributed by atoms with Crippen molar-refractivity contribution in [3.8, 4) is 0 Å². The molecule has 1 unspecified atom stereocenters. The third kappa shape index (κ3) is 4.64. The van der Waals surface area contributed by atoms with Crippen molar-refractivity contribution in [2.75, 3.05) is 13.1 Å². The number of carbonyl (C=O) groups is 2. The number of sulfonamides is 1. The van der Waals surface area contributed by atoms with Gasteiger partial charge in [0.25, 0.3) is 0 Å². The van der Waals surface area contributed by atoms with Crippen LogP contribution in [0.2, 0.25) is 0 Å². The fourth-order valence-electron chi connectivity index (χ4n) is 3.69. The van der Waals surface area contributed by atoms with E-state index < -0.39 is 22.1 Å². The van der Waals surface area contributed by atoms with E-state index in [1.165, 1.54) is 28.6 Å². The number of ketones is 1. The number of benzene rings is 3. The van der Waals surface area contributed by atoms with Gasteiger partial charge in [-0.15, -0.1) is 0 Å². The average molecular weight is 450 g/mol. The molecule has 4 rings (SSSR count). The second kappa shape index (κ2) is 9.46. The molecule has 3 aromatic carbocycles. The molecule has 1 heterocycles. The van der Waals surface area contributed by atoms with E-state index >= 15 is 0 Å². The molecule has 164 valence electrons. The molecule has 32 heavy (non-hydrogen) atoms. The number of carbonyl (C=O) groups excluding carboxylic acids is 2. The summed E-state index contributed by atoms with van der Waals surface area (Å²) in [7, 11) is -3.68. The van der Waals surface area contributed by atoms with Gasteiger partial charge in [0.2, 0.25) is 15.8 Å². The van der Waals surface area contributed by atoms with Crippen LogP contribution >= 0.6 is 0 Å². The molecule has 6 nitrogen and oxygen atoms in total. The van der Waals surface area contributed by atoms with E-state index in [4.69, 9.17) is 4.74 Å². The number of hydrogen-bond acceptors (Lipinski definition) is 5. The topological polar surface area (TPSA) is 80.8 Å². The molecule has 1 fully saturated rings. The molecular weight excluding hydrogens is 426 g/mol. The molecular formula is C25H23NO5S. The molecule has 0 N–H and O–H groups in total. The Hall–Kier alpha value is -3.29. The van der Waals surface area contributed by atoms with Gasteiger partial charge >= 0.3 is 5.97 Å². The number of ether oxygens (including phenoxy) is 1. The van der Waals surface area contributed by atoms with Crippen LogP contribution in [0.4, 0.5) is 0 Å². The zero-order valence-electron chi connectivity index (χ0n) is 17.4. The third-order valence-electron chi connectivity index (χ3n) is 5.40. The smallest absolute Gasteiger partial charge is 0.339 e. The Morgan fingerprint density at radius 2 is 1.38 bits per heavy atom. The zero-order valence-corrected chi connectivity index (χ0v) is 18.2. The Kier molecular flexibility index (Phi) is 6.48. The second-order valence-electron chi connectivity index (χ2n) is 7.57. The summed E-state index contributed by atoms with van der Waals surface area (Å²) in [4.78, 5) is 26.2. The van der Waals surface area contributed by atoms with Crippen LogP contribution in [0.5, 0.6) is 0 Å². The van der Waals surface area contributed by atoms with E-state index in [1.54, 1.807) is 54.6 Å². The first-order valence-electron chi connectivity index (χ1n) is 10.4. The van der Waals surface area contributed by atoms with E-state index in [1.807, 2.05) is 6.07 Å². The number of hydrogen-bond donors (Lipinski definition) is 0. The van der Waals surface area contributed by atoms with Crippen molar-refractivity contribution in [1.29, 1.82) is 0 Å². The Bertz CT molecular complexity index is 1200. The molecule has 0 saturated carbocycles. The number of esters is 1. The fourth-order valence-corrected chi connectivity index (χ4v) is 5.25. The maximum absolute atomic E-state index is 13.1. The van der Waals surface area contributed by atoms with Crippen LogP contribution in [0.1, 0.15) is 45.2 Å². The van der Waals surface area contributed by atoms with Crippen LogP contribution < -0.4 is 0 Å². The van der Waals surface area contributed by atoms with Crippen LogP contribution in [0.3, 0.4) is 0 Å². The van der Waals surface area contributed by atoms with Gasteiger partial charge in [-0.25, -0.2) is 13.2 Å². The lowest BCUT2D eigenvalue weighted by Gasteiger charge is -2.18. The molecule has 7 heteroatoms. The van der Waals surface area contributed by atoms with Crippen LogP contribution in [0.15, 0.2) is 89.8 Å². The van der Waals surface area contributed by atoms with Gasteiger partial charge in [-0.2, -0.15) is 4.31 Å². The third-order valence-corrected chi connectivity index (χ3v) is 7.29. The Labute approximate surface area is 187 Å².